The summed E-state index contributed by atoms with van der Waals surface area (Å²) in [6.07, 6.45) is 3.53. The first kappa shape index (κ1) is 17.3. The number of anilines is 4. The van der Waals surface area contributed by atoms with Crippen molar-refractivity contribution >= 4 is 28.9 Å². The van der Waals surface area contributed by atoms with Crippen molar-refractivity contribution < 1.29 is 4.79 Å². The van der Waals surface area contributed by atoms with Crippen LogP contribution in [-0.2, 0) is 11.3 Å². The van der Waals surface area contributed by atoms with E-state index in [4.69, 9.17) is 0 Å². The number of aromatic nitrogens is 3. The van der Waals surface area contributed by atoms with E-state index < -0.39 is 0 Å². The first-order chi connectivity index (χ1) is 12.6. The molecule has 2 heterocycles. The van der Waals surface area contributed by atoms with Crippen molar-refractivity contribution in [1.29, 1.82) is 0 Å². The van der Waals surface area contributed by atoms with Crippen molar-refractivity contribution in [1.82, 2.24) is 15.0 Å². The Balaban J connectivity index is 1.68. The maximum Gasteiger partial charge on any atom is 0.221 e. The molecule has 0 saturated carbocycles. The minimum Gasteiger partial charge on any atom is -0.366 e. The van der Waals surface area contributed by atoms with Crippen LogP contribution in [0.1, 0.15) is 18.3 Å². The smallest absolute Gasteiger partial charge is 0.221 e. The standard InChI is InChI=1S/C19H20N6O/c1-13-22-18(21-12-15-7-9-20-10-8-15)11-19(23-13)25-17-5-3-16(4-6-17)24-14(2)26/h3-11H,12H2,1-2H3,(H,24,26)(H2,21,22,23,25). The molecule has 0 spiro atoms. The fourth-order valence-corrected chi connectivity index (χ4v) is 2.40. The summed E-state index contributed by atoms with van der Waals surface area (Å²) in [4.78, 5) is 23.9. The minimum atomic E-state index is -0.0953. The second-order valence-electron chi connectivity index (χ2n) is 5.78. The van der Waals surface area contributed by atoms with Crippen molar-refractivity contribution in [3.63, 3.8) is 0 Å². The number of carbonyl (C=O) groups is 1. The van der Waals surface area contributed by atoms with E-state index in [2.05, 4.69) is 30.9 Å². The third kappa shape index (κ3) is 5.01. The van der Waals surface area contributed by atoms with Gasteiger partial charge < -0.3 is 16.0 Å². The average Bonchev–Trinajstić information content (AvgIpc) is 2.62. The van der Waals surface area contributed by atoms with Gasteiger partial charge in [0.15, 0.2) is 0 Å². The van der Waals surface area contributed by atoms with E-state index in [1.54, 1.807) is 12.4 Å². The van der Waals surface area contributed by atoms with Crippen LogP contribution in [-0.4, -0.2) is 20.9 Å². The molecule has 7 nitrogen and oxygen atoms in total. The Hall–Kier alpha value is -3.48. The molecule has 0 aliphatic rings. The Kier molecular flexibility index (Phi) is 5.38. The molecule has 132 valence electrons. The maximum atomic E-state index is 11.1. The summed E-state index contributed by atoms with van der Waals surface area (Å²) in [6, 6.07) is 13.2. The first-order valence-electron chi connectivity index (χ1n) is 8.21. The Labute approximate surface area is 151 Å². The van der Waals surface area contributed by atoms with Crippen LogP contribution in [0.4, 0.5) is 23.0 Å². The van der Waals surface area contributed by atoms with Crippen molar-refractivity contribution in [3.8, 4) is 0 Å². The summed E-state index contributed by atoms with van der Waals surface area (Å²) >= 11 is 0. The van der Waals surface area contributed by atoms with Gasteiger partial charge in [0.25, 0.3) is 0 Å². The van der Waals surface area contributed by atoms with Gasteiger partial charge in [-0.15, -0.1) is 0 Å². The maximum absolute atomic E-state index is 11.1. The first-order valence-corrected chi connectivity index (χ1v) is 8.21. The Morgan fingerprint density at radius 1 is 0.962 bits per heavy atom. The molecule has 0 aliphatic heterocycles. The molecule has 0 radical (unpaired) electrons. The Morgan fingerprint density at radius 2 is 1.62 bits per heavy atom. The normalized spacial score (nSPS) is 10.2. The van der Waals surface area contributed by atoms with Crippen LogP contribution in [0.3, 0.4) is 0 Å². The number of nitrogens with zero attached hydrogens (tertiary/aromatic N) is 3. The largest absolute Gasteiger partial charge is 0.366 e. The van der Waals surface area contributed by atoms with Crippen LogP contribution in [0.5, 0.6) is 0 Å². The van der Waals surface area contributed by atoms with Crippen molar-refractivity contribution in [2.75, 3.05) is 16.0 Å². The highest BCUT2D eigenvalue weighted by molar-refractivity contribution is 5.88. The van der Waals surface area contributed by atoms with E-state index in [0.717, 1.165) is 22.8 Å². The van der Waals surface area contributed by atoms with Crippen LogP contribution in [0.15, 0.2) is 54.9 Å². The molecule has 0 saturated heterocycles. The molecule has 0 unspecified atom stereocenters. The van der Waals surface area contributed by atoms with Gasteiger partial charge in [0, 0.05) is 43.3 Å². The summed E-state index contributed by atoms with van der Waals surface area (Å²) in [5, 5.41) is 9.28. The molecule has 3 rings (SSSR count). The van der Waals surface area contributed by atoms with Crippen LogP contribution < -0.4 is 16.0 Å². The molecule has 3 aromatic rings. The van der Waals surface area contributed by atoms with E-state index in [0.29, 0.717) is 18.2 Å². The van der Waals surface area contributed by atoms with Crippen molar-refractivity contribution in [2.24, 2.45) is 0 Å². The molecular formula is C19H20N6O. The number of amides is 1. The highest BCUT2D eigenvalue weighted by Gasteiger charge is 2.04. The number of benzene rings is 1. The fourth-order valence-electron chi connectivity index (χ4n) is 2.40. The summed E-state index contributed by atoms with van der Waals surface area (Å²) < 4.78 is 0. The lowest BCUT2D eigenvalue weighted by Crippen LogP contribution is -2.06. The number of aryl methyl sites for hydroxylation is 1. The topological polar surface area (TPSA) is 91.8 Å². The number of hydrogen-bond acceptors (Lipinski definition) is 6. The summed E-state index contributed by atoms with van der Waals surface area (Å²) in [6.45, 7) is 3.99. The zero-order valence-corrected chi connectivity index (χ0v) is 14.7. The van der Waals surface area contributed by atoms with Gasteiger partial charge in [-0.05, 0) is 48.9 Å². The van der Waals surface area contributed by atoms with Crippen LogP contribution >= 0.6 is 0 Å². The second-order valence-corrected chi connectivity index (χ2v) is 5.78. The molecule has 0 atom stereocenters. The summed E-state index contributed by atoms with van der Waals surface area (Å²) in [5.41, 5.74) is 2.75. The van der Waals surface area contributed by atoms with Gasteiger partial charge in [0.1, 0.15) is 17.5 Å². The minimum absolute atomic E-state index is 0.0953. The number of hydrogen-bond donors (Lipinski definition) is 3. The zero-order chi connectivity index (χ0) is 18.4. The molecule has 0 bridgehead atoms. The molecule has 2 aromatic heterocycles. The van der Waals surface area contributed by atoms with Gasteiger partial charge in [-0.2, -0.15) is 0 Å². The van der Waals surface area contributed by atoms with E-state index in [1.807, 2.05) is 49.4 Å². The van der Waals surface area contributed by atoms with Gasteiger partial charge in [-0.25, -0.2) is 9.97 Å². The van der Waals surface area contributed by atoms with Gasteiger partial charge in [-0.3, -0.25) is 9.78 Å². The van der Waals surface area contributed by atoms with Gasteiger partial charge in [-0.1, -0.05) is 0 Å². The monoisotopic (exact) mass is 348 g/mol. The molecule has 0 aliphatic carbocycles. The van der Waals surface area contributed by atoms with Crippen LogP contribution in [0.25, 0.3) is 0 Å². The van der Waals surface area contributed by atoms with E-state index in [9.17, 15) is 4.79 Å². The van der Waals surface area contributed by atoms with E-state index in [-0.39, 0.29) is 5.91 Å². The molecule has 0 fully saturated rings. The SMILES string of the molecule is CC(=O)Nc1ccc(Nc2cc(NCc3ccncc3)nc(C)n2)cc1. The average molecular weight is 348 g/mol. The number of pyridine rings is 1. The summed E-state index contributed by atoms with van der Waals surface area (Å²) in [5.74, 6) is 2.01. The van der Waals surface area contributed by atoms with Crippen molar-refractivity contribution in [2.45, 2.75) is 20.4 Å². The quantitative estimate of drug-likeness (QED) is 0.631. The third-order valence-corrected chi connectivity index (χ3v) is 3.54. The lowest BCUT2D eigenvalue weighted by Gasteiger charge is -2.11. The van der Waals surface area contributed by atoms with Gasteiger partial charge >= 0.3 is 0 Å². The fraction of sp³-hybridized carbons (Fsp3) is 0.158. The molecular weight excluding hydrogens is 328 g/mol. The number of nitrogens with one attached hydrogen (secondary N) is 3. The zero-order valence-electron chi connectivity index (χ0n) is 14.7. The predicted molar refractivity (Wildman–Crippen MR) is 102 cm³/mol. The summed E-state index contributed by atoms with van der Waals surface area (Å²) in [7, 11) is 0. The predicted octanol–water partition coefficient (Wildman–Crippen LogP) is 3.49. The van der Waals surface area contributed by atoms with E-state index >= 15 is 0 Å². The van der Waals surface area contributed by atoms with Crippen LogP contribution in [0.2, 0.25) is 0 Å². The van der Waals surface area contributed by atoms with E-state index in [1.165, 1.54) is 6.92 Å². The number of carbonyl (C=O) groups excluding carboxylic acids is 1. The molecule has 26 heavy (non-hydrogen) atoms. The highest BCUT2D eigenvalue weighted by atomic mass is 16.1. The molecule has 1 aromatic carbocycles. The molecule has 1 amide bonds. The second kappa shape index (κ2) is 8.06. The highest BCUT2D eigenvalue weighted by Crippen LogP contribution is 2.20. The lowest BCUT2D eigenvalue weighted by atomic mass is 10.2. The number of rotatable bonds is 6. The van der Waals surface area contributed by atoms with Crippen molar-refractivity contribution in [3.05, 3.63) is 66.2 Å². The molecule has 3 N–H and O–H groups in total. The van der Waals surface area contributed by atoms with Gasteiger partial charge in [0.2, 0.25) is 5.91 Å². The van der Waals surface area contributed by atoms with Crippen LogP contribution in [0, 0.1) is 6.92 Å². The lowest BCUT2D eigenvalue weighted by molar-refractivity contribution is -0.114. The third-order valence-electron chi connectivity index (χ3n) is 3.54. The molecule has 7 heteroatoms. The Morgan fingerprint density at radius 3 is 2.31 bits per heavy atom. The van der Waals surface area contributed by atoms with Gasteiger partial charge in [0.05, 0.1) is 0 Å². The Bertz CT molecular complexity index is 880.